The third kappa shape index (κ3) is 2.55. The highest BCUT2D eigenvalue weighted by atomic mass is 16.5. The molecule has 0 aliphatic carbocycles. The number of aromatic nitrogens is 1. The lowest BCUT2D eigenvalue weighted by molar-refractivity contribution is 0.0934. The van der Waals surface area contributed by atoms with Crippen LogP contribution in [0.3, 0.4) is 0 Å². The summed E-state index contributed by atoms with van der Waals surface area (Å²) in [6.45, 7) is 6.24. The fourth-order valence-corrected chi connectivity index (χ4v) is 1.07. The number of nitrogens with zero attached hydrogens (tertiary/aromatic N) is 1. The Balaban J connectivity index is 2.78. The number of ketones is 1. The Bertz CT molecular complexity index is 304. The predicted molar refractivity (Wildman–Crippen MR) is 54.6 cm³/mol. The van der Waals surface area contributed by atoms with Gasteiger partial charge < -0.3 is 4.74 Å². The van der Waals surface area contributed by atoms with Gasteiger partial charge in [-0.3, -0.25) is 4.79 Å². The maximum absolute atomic E-state index is 11.5. The Morgan fingerprint density at radius 3 is 2.64 bits per heavy atom. The van der Waals surface area contributed by atoms with E-state index in [1.165, 1.54) is 0 Å². The van der Waals surface area contributed by atoms with Gasteiger partial charge in [-0.2, -0.15) is 0 Å². The molecule has 0 radical (unpaired) electrons. The number of Topliss-reactive ketones (excluding diaryl/α,β-unsaturated/α-hetero) is 1. The Morgan fingerprint density at radius 2 is 2.21 bits per heavy atom. The molecule has 0 saturated carbocycles. The second-order valence-electron chi connectivity index (χ2n) is 3.33. The van der Waals surface area contributed by atoms with E-state index in [0.29, 0.717) is 18.1 Å². The molecule has 0 fully saturated rings. The van der Waals surface area contributed by atoms with E-state index < -0.39 is 0 Å². The Hall–Kier alpha value is -1.38. The van der Waals surface area contributed by atoms with Crippen molar-refractivity contribution < 1.29 is 9.53 Å². The highest BCUT2D eigenvalue weighted by molar-refractivity contribution is 5.95. The van der Waals surface area contributed by atoms with Gasteiger partial charge in [-0.05, 0) is 19.1 Å². The lowest BCUT2D eigenvalue weighted by atomic mass is 10.1. The van der Waals surface area contributed by atoms with E-state index in [9.17, 15) is 4.79 Å². The zero-order chi connectivity index (χ0) is 10.6. The third-order valence-corrected chi connectivity index (χ3v) is 1.82. The molecule has 0 spiro atoms. The lowest BCUT2D eigenvalue weighted by Crippen LogP contribution is -2.09. The highest BCUT2D eigenvalue weighted by Gasteiger charge is 2.11. The first kappa shape index (κ1) is 10.7. The maximum Gasteiger partial charge on any atom is 0.183 e. The first-order chi connectivity index (χ1) is 6.65. The molecular formula is C11H15NO2. The molecule has 1 heterocycles. The maximum atomic E-state index is 11.5. The number of carbonyl (C=O) groups excluding carboxylic acids is 1. The molecule has 0 bridgehead atoms. The van der Waals surface area contributed by atoms with Crippen LogP contribution in [-0.4, -0.2) is 17.4 Å². The van der Waals surface area contributed by atoms with E-state index in [-0.39, 0.29) is 11.7 Å². The molecule has 0 aliphatic heterocycles. The van der Waals surface area contributed by atoms with Crippen molar-refractivity contribution in [3.05, 3.63) is 24.0 Å². The monoisotopic (exact) mass is 193 g/mol. The van der Waals surface area contributed by atoms with Crippen LogP contribution in [0.1, 0.15) is 31.3 Å². The molecule has 0 aliphatic rings. The van der Waals surface area contributed by atoms with Gasteiger partial charge in [-0.1, -0.05) is 13.8 Å². The van der Waals surface area contributed by atoms with Crippen LogP contribution < -0.4 is 4.74 Å². The molecule has 76 valence electrons. The SMILES string of the molecule is CCOc1ccc(C(=O)C(C)C)nc1. The highest BCUT2D eigenvalue weighted by Crippen LogP contribution is 2.11. The molecule has 0 saturated heterocycles. The summed E-state index contributed by atoms with van der Waals surface area (Å²) in [5.41, 5.74) is 0.503. The summed E-state index contributed by atoms with van der Waals surface area (Å²) in [4.78, 5) is 15.6. The molecule has 0 amide bonds. The summed E-state index contributed by atoms with van der Waals surface area (Å²) in [5, 5.41) is 0. The minimum absolute atomic E-state index is 0.0135. The molecule has 0 atom stereocenters. The van der Waals surface area contributed by atoms with Gasteiger partial charge in [0.05, 0.1) is 12.8 Å². The van der Waals surface area contributed by atoms with Gasteiger partial charge in [0, 0.05) is 5.92 Å². The Labute approximate surface area is 84.1 Å². The smallest absolute Gasteiger partial charge is 0.183 e. The minimum Gasteiger partial charge on any atom is -0.492 e. The summed E-state index contributed by atoms with van der Waals surface area (Å²) in [5.74, 6) is 0.751. The number of hydrogen-bond donors (Lipinski definition) is 0. The van der Waals surface area contributed by atoms with Crippen molar-refractivity contribution >= 4 is 5.78 Å². The molecule has 3 heteroatoms. The summed E-state index contributed by atoms with van der Waals surface area (Å²) in [6.07, 6.45) is 1.58. The van der Waals surface area contributed by atoms with Crippen molar-refractivity contribution in [1.82, 2.24) is 4.98 Å². The van der Waals surface area contributed by atoms with E-state index >= 15 is 0 Å². The zero-order valence-electron chi connectivity index (χ0n) is 8.78. The van der Waals surface area contributed by atoms with Crippen LogP contribution in [0.25, 0.3) is 0 Å². The standard InChI is InChI=1S/C11H15NO2/c1-4-14-9-5-6-10(12-7-9)11(13)8(2)3/h5-8H,4H2,1-3H3. The Morgan fingerprint density at radius 1 is 1.50 bits per heavy atom. The van der Waals surface area contributed by atoms with Crippen LogP contribution in [0.15, 0.2) is 18.3 Å². The average molecular weight is 193 g/mol. The van der Waals surface area contributed by atoms with Crippen LogP contribution in [0.4, 0.5) is 0 Å². The zero-order valence-corrected chi connectivity index (χ0v) is 8.78. The second kappa shape index (κ2) is 4.74. The summed E-state index contributed by atoms with van der Waals surface area (Å²) < 4.78 is 5.23. The van der Waals surface area contributed by atoms with Crippen LogP contribution in [-0.2, 0) is 0 Å². The Kier molecular flexibility index (Phi) is 3.63. The van der Waals surface area contributed by atoms with E-state index in [1.54, 1.807) is 18.3 Å². The first-order valence-electron chi connectivity index (χ1n) is 4.78. The average Bonchev–Trinajstić information content (AvgIpc) is 2.18. The van der Waals surface area contributed by atoms with Crippen molar-refractivity contribution in [1.29, 1.82) is 0 Å². The number of pyridine rings is 1. The quantitative estimate of drug-likeness (QED) is 0.689. The van der Waals surface area contributed by atoms with Gasteiger partial charge in [-0.25, -0.2) is 4.98 Å². The molecular weight excluding hydrogens is 178 g/mol. The number of ether oxygens (including phenoxy) is 1. The minimum atomic E-state index is -0.0135. The second-order valence-corrected chi connectivity index (χ2v) is 3.33. The number of carbonyl (C=O) groups is 1. The van der Waals surface area contributed by atoms with Crippen molar-refractivity contribution in [2.75, 3.05) is 6.61 Å². The van der Waals surface area contributed by atoms with Gasteiger partial charge in [-0.15, -0.1) is 0 Å². The first-order valence-corrected chi connectivity index (χ1v) is 4.78. The van der Waals surface area contributed by atoms with Crippen LogP contribution >= 0.6 is 0 Å². The van der Waals surface area contributed by atoms with Gasteiger partial charge in [0.25, 0.3) is 0 Å². The normalized spacial score (nSPS) is 10.3. The molecule has 1 aromatic heterocycles. The van der Waals surface area contributed by atoms with E-state index in [1.807, 2.05) is 20.8 Å². The van der Waals surface area contributed by atoms with Crippen LogP contribution in [0, 0.1) is 5.92 Å². The van der Waals surface area contributed by atoms with Crippen LogP contribution in [0.2, 0.25) is 0 Å². The third-order valence-electron chi connectivity index (χ3n) is 1.82. The van der Waals surface area contributed by atoms with Crippen molar-refractivity contribution in [2.24, 2.45) is 5.92 Å². The van der Waals surface area contributed by atoms with Crippen molar-refractivity contribution in [3.63, 3.8) is 0 Å². The summed E-state index contributed by atoms with van der Waals surface area (Å²) in [7, 11) is 0. The molecule has 14 heavy (non-hydrogen) atoms. The molecule has 1 rings (SSSR count). The fourth-order valence-electron chi connectivity index (χ4n) is 1.07. The van der Waals surface area contributed by atoms with Gasteiger partial charge in [0.1, 0.15) is 11.4 Å². The van der Waals surface area contributed by atoms with Crippen molar-refractivity contribution in [3.8, 4) is 5.75 Å². The van der Waals surface area contributed by atoms with E-state index in [4.69, 9.17) is 4.74 Å². The van der Waals surface area contributed by atoms with Gasteiger partial charge in [0.2, 0.25) is 0 Å². The van der Waals surface area contributed by atoms with Gasteiger partial charge >= 0.3 is 0 Å². The largest absolute Gasteiger partial charge is 0.492 e. The molecule has 1 aromatic rings. The number of rotatable bonds is 4. The lowest BCUT2D eigenvalue weighted by Gasteiger charge is -2.05. The van der Waals surface area contributed by atoms with Crippen molar-refractivity contribution in [2.45, 2.75) is 20.8 Å². The van der Waals surface area contributed by atoms with E-state index in [0.717, 1.165) is 0 Å². The van der Waals surface area contributed by atoms with Gasteiger partial charge in [0.15, 0.2) is 5.78 Å². The molecule has 0 unspecified atom stereocenters. The summed E-state index contributed by atoms with van der Waals surface area (Å²) >= 11 is 0. The van der Waals surface area contributed by atoms with Crippen LogP contribution in [0.5, 0.6) is 5.75 Å². The molecule has 0 N–H and O–H groups in total. The molecule has 3 nitrogen and oxygen atoms in total. The topological polar surface area (TPSA) is 39.2 Å². The molecule has 0 aromatic carbocycles. The fraction of sp³-hybridized carbons (Fsp3) is 0.455. The predicted octanol–water partition coefficient (Wildman–Crippen LogP) is 2.32. The summed E-state index contributed by atoms with van der Waals surface area (Å²) in [6, 6.07) is 3.47. The van der Waals surface area contributed by atoms with E-state index in [2.05, 4.69) is 4.98 Å². The number of hydrogen-bond acceptors (Lipinski definition) is 3.